The molecule has 1 aromatic carbocycles. The molecule has 0 unspecified atom stereocenters. The van der Waals surface area contributed by atoms with Gasteiger partial charge in [-0.1, -0.05) is 42.4 Å². The lowest BCUT2D eigenvalue weighted by atomic mass is 10.1. The Morgan fingerprint density at radius 2 is 2.06 bits per heavy atom. The highest BCUT2D eigenvalue weighted by Crippen LogP contribution is 2.32. The van der Waals surface area contributed by atoms with Gasteiger partial charge in [-0.05, 0) is 6.42 Å². The summed E-state index contributed by atoms with van der Waals surface area (Å²) in [5.41, 5.74) is 1.01. The fourth-order valence-corrected chi connectivity index (χ4v) is 1.52. The number of hydrogen-bond acceptors (Lipinski definition) is 4. The molecule has 0 saturated heterocycles. The number of nitrogens with zero attached hydrogens (tertiary/aromatic N) is 2. The number of rotatable bonds is 3. The number of aryl methyl sites for hydroxylation is 1. The first kappa shape index (κ1) is 10.4. The minimum Gasteiger partial charge on any atom is -0.348 e. The van der Waals surface area contributed by atoms with Crippen LogP contribution in [0, 0.1) is 10.1 Å². The van der Waals surface area contributed by atoms with Crippen LogP contribution in [0.1, 0.15) is 12.6 Å². The fourth-order valence-electron chi connectivity index (χ4n) is 1.52. The van der Waals surface area contributed by atoms with Crippen LogP contribution >= 0.6 is 0 Å². The molecule has 0 atom stereocenters. The normalized spacial score (nSPS) is 10.3. The van der Waals surface area contributed by atoms with Crippen molar-refractivity contribution in [1.82, 2.24) is 5.16 Å². The van der Waals surface area contributed by atoms with Crippen LogP contribution in [0.5, 0.6) is 0 Å². The van der Waals surface area contributed by atoms with Crippen molar-refractivity contribution in [2.45, 2.75) is 13.3 Å². The van der Waals surface area contributed by atoms with Gasteiger partial charge in [-0.15, -0.1) is 0 Å². The summed E-state index contributed by atoms with van der Waals surface area (Å²) in [6.07, 6.45) is 0.479. The van der Waals surface area contributed by atoms with Crippen LogP contribution in [0.15, 0.2) is 34.9 Å². The molecule has 0 bridgehead atoms. The smallest absolute Gasteiger partial charge is 0.339 e. The van der Waals surface area contributed by atoms with E-state index >= 15 is 0 Å². The van der Waals surface area contributed by atoms with Crippen LogP contribution in [0.25, 0.3) is 11.3 Å². The van der Waals surface area contributed by atoms with Crippen LogP contribution in [0.2, 0.25) is 0 Å². The van der Waals surface area contributed by atoms with Crippen molar-refractivity contribution >= 4 is 5.69 Å². The van der Waals surface area contributed by atoms with Crippen molar-refractivity contribution < 1.29 is 9.45 Å². The van der Waals surface area contributed by atoms with Crippen LogP contribution in [-0.4, -0.2) is 10.1 Å². The lowest BCUT2D eigenvalue weighted by Crippen LogP contribution is -1.93. The molecule has 5 nitrogen and oxygen atoms in total. The van der Waals surface area contributed by atoms with Gasteiger partial charge in [-0.25, -0.2) is 0 Å². The number of hydrogen-bond donors (Lipinski definition) is 0. The van der Waals surface area contributed by atoms with E-state index in [2.05, 4.69) is 5.16 Å². The third-order valence-electron chi connectivity index (χ3n) is 2.29. The van der Waals surface area contributed by atoms with Gasteiger partial charge in [0.25, 0.3) is 0 Å². The first-order valence-corrected chi connectivity index (χ1v) is 4.92. The van der Waals surface area contributed by atoms with Crippen LogP contribution < -0.4 is 0 Å². The summed E-state index contributed by atoms with van der Waals surface area (Å²) in [7, 11) is 0. The summed E-state index contributed by atoms with van der Waals surface area (Å²) in [6.45, 7) is 1.81. The SMILES string of the molecule is CCc1noc(-c2ccccc2)c1[N+](=O)[O-]. The van der Waals surface area contributed by atoms with Gasteiger partial charge < -0.3 is 4.52 Å². The van der Waals surface area contributed by atoms with E-state index in [-0.39, 0.29) is 11.4 Å². The highest BCUT2D eigenvalue weighted by molar-refractivity contribution is 5.68. The van der Waals surface area contributed by atoms with Crippen molar-refractivity contribution in [2.75, 3.05) is 0 Å². The maximum atomic E-state index is 10.9. The van der Waals surface area contributed by atoms with E-state index in [1.54, 1.807) is 31.2 Å². The standard InChI is InChI=1S/C11H10N2O3/c1-2-9-10(13(14)15)11(16-12-9)8-6-4-3-5-7-8/h3-7H,2H2,1H3. The van der Waals surface area contributed by atoms with E-state index in [1.807, 2.05) is 6.07 Å². The minimum atomic E-state index is -0.447. The Morgan fingerprint density at radius 3 is 2.62 bits per heavy atom. The van der Waals surface area contributed by atoms with E-state index in [4.69, 9.17) is 4.52 Å². The molecule has 0 amide bonds. The maximum Gasteiger partial charge on any atom is 0.339 e. The third-order valence-corrected chi connectivity index (χ3v) is 2.29. The van der Waals surface area contributed by atoms with Crippen LogP contribution in [0.3, 0.4) is 0 Å². The Balaban J connectivity index is 2.58. The molecule has 2 aromatic rings. The van der Waals surface area contributed by atoms with E-state index in [0.29, 0.717) is 17.7 Å². The second-order valence-electron chi connectivity index (χ2n) is 3.28. The fraction of sp³-hybridized carbons (Fsp3) is 0.182. The average Bonchev–Trinajstić information content (AvgIpc) is 2.73. The molecule has 0 radical (unpaired) electrons. The molecule has 0 spiro atoms. The summed E-state index contributed by atoms with van der Waals surface area (Å²) >= 11 is 0. The number of benzene rings is 1. The molecule has 0 aliphatic rings. The first-order chi connectivity index (χ1) is 7.74. The second kappa shape index (κ2) is 4.14. The zero-order valence-electron chi connectivity index (χ0n) is 8.71. The topological polar surface area (TPSA) is 69.2 Å². The Hall–Kier alpha value is -2.17. The molecular formula is C11H10N2O3. The molecule has 0 fully saturated rings. The Morgan fingerprint density at radius 1 is 1.38 bits per heavy atom. The van der Waals surface area contributed by atoms with Crippen molar-refractivity contribution in [1.29, 1.82) is 0 Å². The largest absolute Gasteiger partial charge is 0.348 e. The van der Waals surface area contributed by atoms with Crippen LogP contribution in [0.4, 0.5) is 5.69 Å². The summed E-state index contributed by atoms with van der Waals surface area (Å²) < 4.78 is 5.04. The zero-order valence-corrected chi connectivity index (χ0v) is 8.71. The maximum absolute atomic E-state index is 10.9. The average molecular weight is 218 g/mol. The number of aromatic nitrogens is 1. The molecule has 0 saturated carbocycles. The Kier molecular flexibility index (Phi) is 2.68. The second-order valence-corrected chi connectivity index (χ2v) is 3.28. The van der Waals surface area contributed by atoms with E-state index in [9.17, 15) is 10.1 Å². The molecule has 0 N–H and O–H groups in total. The highest BCUT2D eigenvalue weighted by atomic mass is 16.6. The molecule has 82 valence electrons. The molecule has 0 aliphatic carbocycles. The van der Waals surface area contributed by atoms with E-state index in [1.165, 1.54) is 0 Å². The molecule has 1 aromatic heterocycles. The summed E-state index contributed by atoms with van der Waals surface area (Å²) in [6, 6.07) is 8.95. The van der Waals surface area contributed by atoms with Gasteiger partial charge in [0.1, 0.15) is 0 Å². The van der Waals surface area contributed by atoms with Gasteiger partial charge in [0.15, 0.2) is 5.69 Å². The third kappa shape index (κ3) is 1.67. The van der Waals surface area contributed by atoms with E-state index in [0.717, 1.165) is 0 Å². The van der Waals surface area contributed by atoms with Gasteiger partial charge in [-0.3, -0.25) is 10.1 Å². The quantitative estimate of drug-likeness (QED) is 0.586. The Labute approximate surface area is 91.8 Å². The van der Waals surface area contributed by atoms with Crippen LogP contribution in [-0.2, 0) is 6.42 Å². The summed E-state index contributed by atoms with van der Waals surface area (Å²) in [4.78, 5) is 10.5. The molecule has 0 aliphatic heterocycles. The van der Waals surface area contributed by atoms with Gasteiger partial charge in [0.05, 0.1) is 4.92 Å². The summed E-state index contributed by atoms with van der Waals surface area (Å²) in [5, 5.41) is 14.7. The lowest BCUT2D eigenvalue weighted by molar-refractivity contribution is -0.385. The molecule has 1 heterocycles. The van der Waals surface area contributed by atoms with Crippen molar-refractivity contribution in [3.8, 4) is 11.3 Å². The zero-order chi connectivity index (χ0) is 11.5. The van der Waals surface area contributed by atoms with Crippen molar-refractivity contribution in [3.63, 3.8) is 0 Å². The molecule has 16 heavy (non-hydrogen) atoms. The minimum absolute atomic E-state index is 0.0336. The summed E-state index contributed by atoms with van der Waals surface area (Å²) in [5.74, 6) is 0.224. The molecule has 5 heteroatoms. The molecular weight excluding hydrogens is 208 g/mol. The molecule has 2 rings (SSSR count). The Bertz CT molecular complexity index is 505. The van der Waals surface area contributed by atoms with Gasteiger partial charge in [-0.2, -0.15) is 0 Å². The van der Waals surface area contributed by atoms with Gasteiger partial charge >= 0.3 is 5.69 Å². The predicted molar refractivity (Wildman–Crippen MR) is 58.0 cm³/mol. The van der Waals surface area contributed by atoms with Gasteiger partial charge in [0, 0.05) is 5.56 Å². The first-order valence-electron chi connectivity index (χ1n) is 4.92. The highest BCUT2D eigenvalue weighted by Gasteiger charge is 2.26. The van der Waals surface area contributed by atoms with Crippen molar-refractivity contribution in [3.05, 3.63) is 46.1 Å². The number of nitro groups is 1. The van der Waals surface area contributed by atoms with Gasteiger partial charge in [0.2, 0.25) is 5.76 Å². The van der Waals surface area contributed by atoms with Crippen molar-refractivity contribution in [2.24, 2.45) is 0 Å². The van der Waals surface area contributed by atoms with E-state index < -0.39 is 4.92 Å². The lowest BCUT2D eigenvalue weighted by Gasteiger charge is -1.94. The monoisotopic (exact) mass is 218 g/mol. The predicted octanol–water partition coefficient (Wildman–Crippen LogP) is 2.81.